The van der Waals surface area contributed by atoms with Gasteiger partial charge in [0, 0.05) is 14.1 Å². The minimum Gasteiger partial charge on any atom is -0.491 e. The summed E-state index contributed by atoms with van der Waals surface area (Å²) in [4.78, 5) is 12.9. The number of nitrogens with zero attached hydrogens (tertiary/aromatic N) is 1. The van der Waals surface area contributed by atoms with Gasteiger partial charge < -0.3 is 14.7 Å². The number of hydrogen-bond donors (Lipinski definition) is 1. The van der Waals surface area contributed by atoms with E-state index in [9.17, 15) is 4.79 Å². The van der Waals surface area contributed by atoms with Crippen LogP contribution in [0, 0.1) is 0 Å². The molecule has 0 spiro atoms. The molecule has 0 aliphatic heterocycles. The molecule has 6 heteroatoms. The SMILES string of the molecule is CN(C)C(=O)CCOc1c(Br)cc(CO)cc1Br. The molecular formula is C12H15Br2NO3. The van der Waals surface area contributed by atoms with Gasteiger partial charge in [-0.3, -0.25) is 4.79 Å². The summed E-state index contributed by atoms with van der Waals surface area (Å²) < 4.78 is 7.06. The largest absolute Gasteiger partial charge is 0.491 e. The first-order valence-electron chi connectivity index (χ1n) is 5.37. The maximum atomic E-state index is 11.4. The average molecular weight is 381 g/mol. The Hall–Kier alpha value is -0.590. The molecule has 0 aliphatic carbocycles. The summed E-state index contributed by atoms with van der Waals surface area (Å²) in [5, 5.41) is 9.05. The van der Waals surface area contributed by atoms with Gasteiger partial charge in [-0.25, -0.2) is 0 Å². The molecule has 0 aromatic heterocycles. The third-order valence-corrected chi connectivity index (χ3v) is 3.48. The summed E-state index contributed by atoms with van der Waals surface area (Å²) in [6, 6.07) is 3.57. The van der Waals surface area contributed by atoms with E-state index in [4.69, 9.17) is 9.84 Å². The molecule has 0 fully saturated rings. The van der Waals surface area contributed by atoms with E-state index in [-0.39, 0.29) is 12.5 Å². The molecule has 0 saturated heterocycles. The first-order chi connectivity index (χ1) is 8.45. The van der Waals surface area contributed by atoms with Crippen molar-refractivity contribution >= 4 is 37.8 Å². The standard InChI is InChI=1S/C12H15Br2NO3/c1-15(2)11(17)3-4-18-12-9(13)5-8(7-16)6-10(12)14/h5-6,16H,3-4,7H2,1-2H3. The molecule has 1 N–H and O–H groups in total. The van der Waals surface area contributed by atoms with Crippen LogP contribution in [-0.4, -0.2) is 36.6 Å². The minimum absolute atomic E-state index is 0.0224. The molecule has 1 amide bonds. The Kier molecular flexibility index (Phi) is 6.11. The van der Waals surface area contributed by atoms with E-state index in [2.05, 4.69) is 31.9 Å². The van der Waals surface area contributed by atoms with Crippen molar-refractivity contribution in [2.75, 3.05) is 20.7 Å². The molecule has 1 aromatic carbocycles. The number of benzene rings is 1. The summed E-state index contributed by atoms with van der Waals surface area (Å²) in [7, 11) is 3.43. The van der Waals surface area contributed by atoms with Crippen LogP contribution in [0.3, 0.4) is 0 Å². The summed E-state index contributed by atoms with van der Waals surface area (Å²) in [6.45, 7) is 0.281. The van der Waals surface area contributed by atoms with E-state index in [0.717, 1.165) is 14.5 Å². The van der Waals surface area contributed by atoms with Crippen LogP contribution in [0.1, 0.15) is 12.0 Å². The third kappa shape index (κ3) is 4.26. The Morgan fingerprint density at radius 2 is 1.89 bits per heavy atom. The Morgan fingerprint density at radius 1 is 1.33 bits per heavy atom. The zero-order valence-corrected chi connectivity index (χ0v) is 13.4. The van der Waals surface area contributed by atoms with Gasteiger partial charge >= 0.3 is 0 Å². The molecule has 1 rings (SSSR count). The van der Waals surface area contributed by atoms with E-state index < -0.39 is 0 Å². The molecular weight excluding hydrogens is 366 g/mol. The van der Waals surface area contributed by atoms with Gasteiger partial charge in [0.05, 0.1) is 28.6 Å². The highest BCUT2D eigenvalue weighted by atomic mass is 79.9. The molecule has 0 unspecified atom stereocenters. The lowest BCUT2D eigenvalue weighted by Crippen LogP contribution is -2.23. The number of rotatable bonds is 5. The minimum atomic E-state index is -0.0312. The number of carbonyl (C=O) groups is 1. The molecule has 0 bridgehead atoms. The molecule has 100 valence electrons. The molecule has 18 heavy (non-hydrogen) atoms. The lowest BCUT2D eigenvalue weighted by atomic mass is 10.2. The summed E-state index contributed by atoms with van der Waals surface area (Å²) in [5.41, 5.74) is 0.783. The second-order valence-corrected chi connectivity index (χ2v) is 5.64. The lowest BCUT2D eigenvalue weighted by molar-refractivity contribution is -0.129. The molecule has 0 saturated carbocycles. The highest BCUT2D eigenvalue weighted by Gasteiger charge is 2.10. The molecule has 0 aliphatic rings. The maximum Gasteiger partial charge on any atom is 0.225 e. The van der Waals surface area contributed by atoms with Crippen molar-refractivity contribution in [3.05, 3.63) is 26.6 Å². The zero-order chi connectivity index (χ0) is 13.7. The monoisotopic (exact) mass is 379 g/mol. The van der Waals surface area contributed by atoms with Crippen LogP contribution in [0.15, 0.2) is 21.1 Å². The van der Waals surface area contributed by atoms with Crippen LogP contribution in [0.25, 0.3) is 0 Å². The first-order valence-corrected chi connectivity index (χ1v) is 6.96. The van der Waals surface area contributed by atoms with Gasteiger partial charge in [0.25, 0.3) is 0 Å². The van der Waals surface area contributed by atoms with Crippen LogP contribution in [0.4, 0.5) is 0 Å². The van der Waals surface area contributed by atoms with E-state index >= 15 is 0 Å². The topological polar surface area (TPSA) is 49.8 Å². The second-order valence-electron chi connectivity index (χ2n) is 3.93. The van der Waals surface area contributed by atoms with Crippen LogP contribution >= 0.6 is 31.9 Å². The summed E-state index contributed by atoms with van der Waals surface area (Å²) in [6.07, 6.45) is 0.327. The van der Waals surface area contributed by atoms with Gasteiger partial charge in [-0.15, -0.1) is 0 Å². The fourth-order valence-electron chi connectivity index (χ4n) is 1.31. The number of hydrogen-bond acceptors (Lipinski definition) is 3. The van der Waals surface area contributed by atoms with Crippen molar-refractivity contribution in [2.24, 2.45) is 0 Å². The predicted molar refractivity (Wildman–Crippen MR) is 76.6 cm³/mol. The Labute approximate surface area is 123 Å². The van der Waals surface area contributed by atoms with Crippen molar-refractivity contribution in [2.45, 2.75) is 13.0 Å². The van der Waals surface area contributed by atoms with Gasteiger partial charge in [0.15, 0.2) is 0 Å². The van der Waals surface area contributed by atoms with Gasteiger partial charge in [0.2, 0.25) is 5.91 Å². The Balaban J connectivity index is 2.65. The lowest BCUT2D eigenvalue weighted by Gasteiger charge is -2.13. The molecule has 4 nitrogen and oxygen atoms in total. The van der Waals surface area contributed by atoms with Gasteiger partial charge in [-0.05, 0) is 49.6 Å². The summed E-state index contributed by atoms with van der Waals surface area (Å²) >= 11 is 6.75. The fourth-order valence-corrected chi connectivity index (χ4v) is 2.82. The van der Waals surface area contributed by atoms with Crippen molar-refractivity contribution < 1.29 is 14.6 Å². The van der Waals surface area contributed by atoms with Crippen LogP contribution in [-0.2, 0) is 11.4 Å². The van der Waals surface area contributed by atoms with Crippen LogP contribution in [0.5, 0.6) is 5.75 Å². The smallest absolute Gasteiger partial charge is 0.225 e. The van der Waals surface area contributed by atoms with Crippen molar-refractivity contribution in [1.29, 1.82) is 0 Å². The van der Waals surface area contributed by atoms with E-state index in [1.54, 1.807) is 26.2 Å². The number of amides is 1. The van der Waals surface area contributed by atoms with Gasteiger partial charge in [0.1, 0.15) is 5.75 Å². The third-order valence-electron chi connectivity index (χ3n) is 2.30. The van der Waals surface area contributed by atoms with Crippen molar-refractivity contribution in [3.8, 4) is 5.75 Å². The van der Waals surface area contributed by atoms with E-state index in [0.29, 0.717) is 18.8 Å². The highest BCUT2D eigenvalue weighted by Crippen LogP contribution is 2.34. The predicted octanol–water partition coefficient (Wildman–Crippen LogP) is 2.56. The van der Waals surface area contributed by atoms with E-state index in [1.807, 2.05) is 0 Å². The average Bonchev–Trinajstić information content (AvgIpc) is 2.31. The van der Waals surface area contributed by atoms with Crippen molar-refractivity contribution in [3.63, 3.8) is 0 Å². The zero-order valence-electron chi connectivity index (χ0n) is 10.2. The molecule has 1 aromatic rings. The fraction of sp³-hybridized carbons (Fsp3) is 0.417. The van der Waals surface area contributed by atoms with Crippen LogP contribution < -0.4 is 4.74 Å². The molecule has 0 heterocycles. The van der Waals surface area contributed by atoms with Crippen molar-refractivity contribution in [1.82, 2.24) is 4.90 Å². The number of halogens is 2. The number of ether oxygens (including phenoxy) is 1. The molecule has 0 radical (unpaired) electrons. The normalized spacial score (nSPS) is 10.3. The van der Waals surface area contributed by atoms with Crippen LogP contribution in [0.2, 0.25) is 0 Å². The summed E-state index contributed by atoms with van der Waals surface area (Å²) in [5.74, 6) is 0.660. The first kappa shape index (κ1) is 15.5. The van der Waals surface area contributed by atoms with Gasteiger partial charge in [-0.2, -0.15) is 0 Å². The Bertz CT molecular complexity index is 412. The van der Waals surface area contributed by atoms with Gasteiger partial charge in [-0.1, -0.05) is 0 Å². The number of aliphatic hydroxyl groups excluding tert-OH is 1. The number of aliphatic hydroxyl groups is 1. The second kappa shape index (κ2) is 7.11. The Morgan fingerprint density at radius 3 is 2.33 bits per heavy atom. The maximum absolute atomic E-state index is 11.4. The quantitative estimate of drug-likeness (QED) is 0.853. The van der Waals surface area contributed by atoms with E-state index in [1.165, 1.54) is 4.90 Å². The highest BCUT2D eigenvalue weighted by molar-refractivity contribution is 9.11. The molecule has 0 atom stereocenters. The number of carbonyl (C=O) groups excluding carboxylic acids is 1.